The van der Waals surface area contributed by atoms with Crippen LogP contribution in [0.4, 0.5) is 0 Å². The van der Waals surface area contributed by atoms with Crippen molar-refractivity contribution in [3.63, 3.8) is 0 Å². The molecule has 0 spiro atoms. The molecule has 1 rings (SSSR count). The average Bonchev–Trinajstić information content (AvgIpc) is 2.20. The summed E-state index contributed by atoms with van der Waals surface area (Å²) in [6, 6.07) is 0.800. The molecule has 0 saturated carbocycles. The van der Waals surface area contributed by atoms with Crippen molar-refractivity contribution in [1.29, 1.82) is 0 Å². The van der Waals surface area contributed by atoms with E-state index in [2.05, 4.69) is 6.92 Å². The first kappa shape index (κ1) is 13.1. The Hall–Kier alpha value is 0.0169. The third-order valence-electron chi connectivity index (χ3n) is 2.37. The molecule has 5 nitrogen and oxygen atoms in total. The highest BCUT2D eigenvalue weighted by Crippen LogP contribution is 2.17. The molecule has 1 aliphatic heterocycles. The largest absolute Gasteiger partial charge is 0.502 e. The highest BCUT2D eigenvalue weighted by atomic mass is 28.4. The number of rotatable bonds is 8. The Morgan fingerprint density at radius 2 is 2.00 bits per heavy atom. The zero-order chi connectivity index (χ0) is 11.1. The monoisotopic (exact) mass is 236 g/mol. The lowest BCUT2D eigenvalue weighted by atomic mass is 10.3. The van der Waals surface area contributed by atoms with Crippen LogP contribution in [0.25, 0.3) is 0 Å². The van der Waals surface area contributed by atoms with Crippen LogP contribution in [0.2, 0.25) is 6.04 Å². The van der Waals surface area contributed by atoms with Gasteiger partial charge in [-0.2, -0.15) is 0 Å². The molecule has 1 aliphatic rings. The van der Waals surface area contributed by atoms with Crippen LogP contribution in [-0.4, -0.2) is 42.7 Å². The minimum Gasteiger partial charge on any atom is -0.377 e. The van der Waals surface area contributed by atoms with Gasteiger partial charge in [0.05, 0.1) is 6.61 Å². The lowest BCUT2D eigenvalue weighted by molar-refractivity contribution is -0.242. The van der Waals surface area contributed by atoms with Crippen molar-refractivity contribution in [2.24, 2.45) is 0 Å². The molecule has 0 aliphatic carbocycles. The molecule has 1 fully saturated rings. The number of hydrogen-bond acceptors (Lipinski definition) is 5. The Kier molecular flexibility index (Phi) is 5.73. The van der Waals surface area contributed by atoms with Gasteiger partial charge in [0, 0.05) is 26.7 Å². The Balaban J connectivity index is 2.22. The Morgan fingerprint density at radius 1 is 1.33 bits per heavy atom. The standard InChI is InChI=1S/C9H20O5Si/c1-4-7-15(10-2,11-3)14-8-13-9-5-6-12-9/h9H,4-8H2,1-3H3. The van der Waals surface area contributed by atoms with Crippen molar-refractivity contribution in [3.05, 3.63) is 0 Å². The van der Waals surface area contributed by atoms with Crippen molar-refractivity contribution in [2.45, 2.75) is 32.1 Å². The van der Waals surface area contributed by atoms with Crippen LogP contribution in [0.15, 0.2) is 0 Å². The van der Waals surface area contributed by atoms with Crippen LogP contribution in [-0.2, 0) is 22.8 Å². The van der Waals surface area contributed by atoms with Gasteiger partial charge in [0.1, 0.15) is 6.79 Å². The van der Waals surface area contributed by atoms with Crippen LogP contribution >= 0.6 is 0 Å². The summed E-state index contributed by atoms with van der Waals surface area (Å²) in [6.45, 7) is 3.02. The summed E-state index contributed by atoms with van der Waals surface area (Å²) in [4.78, 5) is 0. The molecule has 1 unspecified atom stereocenters. The smallest absolute Gasteiger partial charge is 0.377 e. The fourth-order valence-electron chi connectivity index (χ4n) is 1.33. The Morgan fingerprint density at radius 3 is 2.40 bits per heavy atom. The van der Waals surface area contributed by atoms with Crippen LogP contribution in [0, 0.1) is 0 Å². The highest BCUT2D eigenvalue weighted by molar-refractivity contribution is 6.60. The zero-order valence-corrected chi connectivity index (χ0v) is 10.7. The van der Waals surface area contributed by atoms with E-state index in [1.807, 2.05) is 0 Å². The summed E-state index contributed by atoms with van der Waals surface area (Å²) in [5.41, 5.74) is 0. The maximum atomic E-state index is 5.57. The molecule has 0 bridgehead atoms. The molecular weight excluding hydrogens is 216 g/mol. The SMILES string of the molecule is CCC[Si](OC)(OC)OCOC1CCO1. The van der Waals surface area contributed by atoms with Gasteiger partial charge in [0.25, 0.3) is 0 Å². The molecular formula is C9H20O5Si. The molecule has 1 saturated heterocycles. The summed E-state index contributed by atoms with van der Waals surface area (Å²) in [7, 11) is 0.753. The van der Waals surface area contributed by atoms with E-state index >= 15 is 0 Å². The van der Waals surface area contributed by atoms with Gasteiger partial charge in [-0.25, -0.2) is 0 Å². The van der Waals surface area contributed by atoms with Crippen molar-refractivity contribution < 1.29 is 22.8 Å². The Bertz CT molecular complexity index is 170. The van der Waals surface area contributed by atoms with Gasteiger partial charge in [0.2, 0.25) is 0 Å². The molecule has 0 aromatic rings. The molecule has 0 amide bonds. The quantitative estimate of drug-likeness (QED) is 0.470. The van der Waals surface area contributed by atoms with E-state index < -0.39 is 8.80 Å². The van der Waals surface area contributed by atoms with E-state index in [0.29, 0.717) is 0 Å². The fraction of sp³-hybridized carbons (Fsp3) is 1.00. The van der Waals surface area contributed by atoms with Crippen molar-refractivity contribution in [2.75, 3.05) is 27.6 Å². The normalized spacial score (nSPS) is 21.4. The second-order valence-electron chi connectivity index (χ2n) is 3.36. The van der Waals surface area contributed by atoms with Gasteiger partial charge in [-0.15, -0.1) is 0 Å². The maximum absolute atomic E-state index is 5.57. The first-order chi connectivity index (χ1) is 7.26. The van der Waals surface area contributed by atoms with Crippen LogP contribution in [0.5, 0.6) is 0 Å². The molecule has 15 heavy (non-hydrogen) atoms. The third-order valence-corrected chi connectivity index (χ3v) is 5.28. The van der Waals surface area contributed by atoms with E-state index in [4.69, 9.17) is 22.8 Å². The molecule has 1 heterocycles. The van der Waals surface area contributed by atoms with Crippen molar-refractivity contribution in [1.82, 2.24) is 0 Å². The third kappa shape index (κ3) is 3.82. The van der Waals surface area contributed by atoms with Crippen molar-refractivity contribution in [3.8, 4) is 0 Å². The summed E-state index contributed by atoms with van der Waals surface area (Å²) in [5.74, 6) is 0. The predicted molar refractivity (Wildman–Crippen MR) is 56.3 cm³/mol. The van der Waals surface area contributed by atoms with E-state index in [0.717, 1.165) is 25.5 Å². The van der Waals surface area contributed by atoms with Gasteiger partial charge >= 0.3 is 8.80 Å². The zero-order valence-electron chi connectivity index (χ0n) is 9.65. The van der Waals surface area contributed by atoms with Crippen LogP contribution in [0.1, 0.15) is 19.8 Å². The van der Waals surface area contributed by atoms with Gasteiger partial charge in [-0.05, 0) is 0 Å². The fourth-order valence-corrected chi connectivity index (χ4v) is 3.14. The van der Waals surface area contributed by atoms with E-state index in [9.17, 15) is 0 Å². The van der Waals surface area contributed by atoms with Gasteiger partial charge in [-0.3, -0.25) is 0 Å². The van der Waals surface area contributed by atoms with Crippen molar-refractivity contribution >= 4 is 8.80 Å². The second kappa shape index (κ2) is 6.57. The minimum atomic E-state index is -2.48. The summed E-state index contributed by atoms with van der Waals surface area (Å²) in [5, 5.41) is 0. The molecule has 0 radical (unpaired) electrons. The van der Waals surface area contributed by atoms with Gasteiger partial charge < -0.3 is 22.8 Å². The molecule has 0 aromatic heterocycles. The molecule has 1 atom stereocenters. The maximum Gasteiger partial charge on any atom is 0.502 e. The van der Waals surface area contributed by atoms with Crippen LogP contribution < -0.4 is 0 Å². The minimum absolute atomic E-state index is 0.105. The lowest BCUT2D eigenvalue weighted by Gasteiger charge is -2.29. The Labute approximate surface area is 92.0 Å². The first-order valence-electron chi connectivity index (χ1n) is 5.24. The second-order valence-corrected chi connectivity index (χ2v) is 6.33. The topological polar surface area (TPSA) is 46.2 Å². The lowest BCUT2D eigenvalue weighted by Crippen LogP contribution is -2.45. The number of hydrogen-bond donors (Lipinski definition) is 0. The summed E-state index contributed by atoms with van der Waals surface area (Å²) >= 11 is 0. The highest BCUT2D eigenvalue weighted by Gasteiger charge is 2.38. The molecule has 90 valence electrons. The van der Waals surface area contributed by atoms with Crippen LogP contribution in [0.3, 0.4) is 0 Å². The predicted octanol–water partition coefficient (Wildman–Crippen LogP) is 1.37. The first-order valence-corrected chi connectivity index (χ1v) is 7.17. The van der Waals surface area contributed by atoms with Gasteiger partial charge in [0.15, 0.2) is 6.29 Å². The van der Waals surface area contributed by atoms with E-state index in [-0.39, 0.29) is 13.1 Å². The molecule has 6 heteroatoms. The van der Waals surface area contributed by atoms with E-state index in [1.54, 1.807) is 14.2 Å². The summed E-state index contributed by atoms with van der Waals surface area (Å²) in [6.07, 6.45) is 1.80. The molecule has 0 aromatic carbocycles. The van der Waals surface area contributed by atoms with E-state index in [1.165, 1.54) is 0 Å². The summed E-state index contributed by atoms with van der Waals surface area (Å²) < 4.78 is 26.7. The van der Waals surface area contributed by atoms with Gasteiger partial charge in [-0.1, -0.05) is 13.3 Å². The molecule has 0 N–H and O–H groups in total. The number of ether oxygens (including phenoxy) is 2. The average molecular weight is 236 g/mol.